The first kappa shape index (κ1) is 12.0. The van der Waals surface area contributed by atoms with Gasteiger partial charge < -0.3 is 11.1 Å². The van der Waals surface area contributed by atoms with E-state index in [9.17, 15) is 0 Å². The van der Waals surface area contributed by atoms with Crippen LogP contribution in [0.5, 0.6) is 0 Å². The number of hydrogen-bond donors (Lipinski definition) is 2. The van der Waals surface area contributed by atoms with Crippen LogP contribution in [0.3, 0.4) is 0 Å². The van der Waals surface area contributed by atoms with Crippen LogP contribution in [0.15, 0.2) is 0 Å². The lowest BCUT2D eigenvalue weighted by Gasteiger charge is -2.10. The van der Waals surface area contributed by atoms with Crippen LogP contribution in [-0.4, -0.2) is 18.6 Å². The summed E-state index contributed by atoms with van der Waals surface area (Å²) in [6, 6.07) is 1.24. The molecule has 14 heavy (non-hydrogen) atoms. The van der Waals surface area contributed by atoms with Crippen molar-refractivity contribution in [2.24, 2.45) is 11.7 Å². The van der Waals surface area contributed by atoms with E-state index < -0.39 is 0 Å². The van der Waals surface area contributed by atoms with Gasteiger partial charge in [-0.15, -0.1) is 0 Å². The summed E-state index contributed by atoms with van der Waals surface area (Å²) >= 11 is 0. The van der Waals surface area contributed by atoms with Crippen LogP contribution >= 0.6 is 0 Å². The van der Waals surface area contributed by atoms with Crippen molar-refractivity contribution >= 4 is 0 Å². The Kier molecular flexibility index (Phi) is 5.49. The Morgan fingerprint density at radius 3 is 2.71 bits per heavy atom. The van der Waals surface area contributed by atoms with Crippen molar-refractivity contribution < 1.29 is 0 Å². The van der Waals surface area contributed by atoms with Crippen LogP contribution in [0.25, 0.3) is 0 Å². The van der Waals surface area contributed by atoms with Crippen molar-refractivity contribution in [1.29, 1.82) is 0 Å². The predicted octanol–water partition coefficient (Wildman–Crippen LogP) is 2.28. The quantitative estimate of drug-likeness (QED) is 0.628. The number of nitrogens with two attached hydrogens (primary N) is 1. The molecule has 1 aliphatic rings. The van der Waals surface area contributed by atoms with E-state index in [2.05, 4.69) is 19.2 Å². The van der Waals surface area contributed by atoms with Crippen LogP contribution in [0.2, 0.25) is 0 Å². The average Bonchev–Trinajstić information content (AvgIpc) is 2.85. The van der Waals surface area contributed by atoms with Crippen molar-refractivity contribution in [2.45, 2.75) is 64.5 Å². The molecule has 0 aromatic carbocycles. The fourth-order valence-electron chi connectivity index (χ4n) is 2.16. The van der Waals surface area contributed by atoms with Crippen molar-refractivity contribution in [1.82, 2.24) is 5.32 Å². The molecule has 84 valence electrons. The lowest BCUT2D eigenvalue weighted by atomic mass is 10.1. The Morgan fingerprint density at radius 2 is 2.07 bits per heavy atom. The lowest BCUT2D eigenvalue weighted by Crippen LogP contribution is -2.28. The van der Waals surface area contributed by atoms with E-state index in [4.69, 9.17) is 5.73 Å². The Balaban J connectivity index is 1.90. The zero-order valence-corrected chi connectivity index (χ0v) is 9.76. The first-order valence-corrected chi connectivity index (χ1v) is 6.26. The highest BCUT2D eigenvalue weighted by Gasteiger charge is 2.34. The van der Waals surface area contributed by atoms with Gasteiger partial charge in [0.15, 0.2) is 0 Å². The molecule has 0 spiro atoms. The molecule has 3 atom stereocenters. The van der Waals surface area contributed by atoms with Crippen LogP contribution in [0.4, 0.5) is 0 Å². The Bertz CT molecular complexity index is 147. The van der Waals surface area contributed by atoms with Gasteiger partial charge in [0.05, 0.1) is 0 Å². The maximum absolute atomic E-state index is 5.94. The second-order valence-corrected chi connectivity index (χ2v) is 4.68. The highest BCUT2D eigenvalue weighted by molar-refractivity contribution is 4.92. The van der Waals surface area contributed by atoms with Gasteiger partial charge in [0.25, 0.3) is 0 Å². The van der Waals surface area contributed by atoms with Crippen LogP contribution in [0.1, 0.15) is 52.4 Å². The predicted molar refractivity (Wildman–Crippen MR) is 62.3 cm³/mol. The molecule has 0 amide bonds. The summed E-state index contributed by atoms with van der Waals surface area (Å²) < 4.78 is 0. The monoisotopic (exact) mass is 198 g/mol. The highest BCUT2D eigenvalue weighted by atomic mass is 15.0. The maximum atomic E-state index is 5.94. The Morgan fingerprint density at radius 1 is 1.29 bits per heavy atom. The normalized spacial score (nSPS) is 27.6. The zero-order chi connectivity index (χ0) is 10.4. The minimum atomic E-state index is 0.413. The molecular formula is C12H26N2. The molecule has 1 rings (SSSR count). The van der Waals surface area contributed by atoms with E-state index in [0.29, 0.717) is 6.04 Å². The molecule has 0 heterocycles. The first-order chi connectivity index (χ1) is 6.77. The smallest absolute Gasteiger partial charge is 0.00991 e. The molecule has 2 heteroatoms. The third-order valence-corrected chi connectivity index (χ3v) is 3.16. The number of nitrogens with one attached hydrogen (secondary N) is 1. The molecule has 0 radical (unpaired) electrons. The van der Waals surface area contributed by atoms with Crippen molar-refractivity contribution in [3.05, 3.63) is 0 Å². The van der Waals surface area contributed by atoms with Gasteiger partial charge in [0, 0.05) is 12.1 Å². The lowest BCUT2D eigenvalue weighted by molar-refractivity contribution is 0.513. The van der Waals surface area contributed by atoms with Crippen LogP contribution in [-0.2, 0) is 0 Å². The van der Waals surface area contributed by atoms with Crippen LogP contribution in [0, 0.1) is 5.92 Å². The number of rotatable bonds is 8. The van der Waals surface area contributed by atoms with Gasteiger partial charge in [0.1, 0.15) is 0 Å². The third-order valence-electron chi connectivity index (χ3n) is 3.16. The molecule has 0 aliphatic heterocycles. The summed E-state index contributed by atoms with van der Waals surface area (Å²) in [7, 11) is 0. The van der Waals surface area contributed by atoms with E-state index >= 15 is 0 Å². The molecule has 0 saturated heterocycles. The van der Waals surface area contributed by atoms with Crippen molar-refractivity contribution in [2.75, 3.05) is 6.54 Å². The largest absolute Gasteiger partial charge is 0.328 e. The SMILES string of the molecule is CCCC(N)CCNC1CC1CCC. The molecule has 0 bridgehead atoms. The van der Waals surface area contributed by atoms with Gasteiger partial charge in [-0.2, -0.15) is 0 Å². The van der Waals surface area contributed by atoms with Gasteiger partial charge in [-0.05, 0) is 38.1 Å². The Hall–Kier alpha value is -0.0800. The molecule has 1 saturated carbocycles. The summed E-state index contributed by atoms with van der Waals surface area (Å²) in [6.45, 7) is 5.59. The number of hydrogen-bond acceptors (Lipinski definition) is 2. The molecule has 0 aromatic rings. The van der Waals surface area contributed by atoms with E-state index in [-0.39, 0.29) is 0 Å². The molecule has 3 N–H and O–H groups in total. The fraction of sp³-hybridized carbons (Fsp3) is 1.00. The summed E-state index contributed by atoms with van der Waals surface area (Å²) in [6.07, 6.45) is 7.66. The van der Waals surface area contributed by atoms with Gasteiger partial charge in [-0.3, -0.25) is 0 Å². The van der Waals surface area contributed by atoms with E-state index in [0.717, 1.165) is 24.9 Å². The molecule has 1 aliphatic carbocycles. The van der Waals surface area contributed by atoms with E-state index in [1.54, 1.807) is 0 Å². The molecule has 3 unspecified atom stereocenters. The maximum Gasteiger partial charge on any atom is 0.00991 e. The fourth-order valence-corrected chi connectivity index (χ4v) is 2.16. The van der Waals surface area contributed by atoms with Gasteiger partial charge in [-0.25, -0.2) is 0 Å². The zero-order valence-electron chi connectivity index (χ0n) is 9.76. The van der Waals surface area contributed by atoms with Crippen molar-refractivity contribution in [3.8, 4) is 0 Å². The second kappa shape index (κ2) is 6.41. The minimum Gasteiger partial charge on any atom is -0.328 e. The molecule has 0 aromatic heterocycles. The summed E-state index contributed by atoms with van der Waals surface area (Å²) in [5.74, 6) is 0.974. The topological polar surface area (TPSA) is 38.0 Å². The second-order valence-electron chi connectivity index (χ2n) is 4.68. The summed E-state index contributed by atoms with van der Waals surface area (Å²) in [4.78, 5) is 0. The molecule has 1 fully saturated rings. The van der Waals surface area contributed by atoms with Gasteiger partial charge in [0.2, 0.25) is 0 Å². The van der Waals surface area contributed by atoms with Crippen molar-refractivity contribution in [3.63, 3.8) is 0 Å². The minimum absolute atomic E-state index is 0.413. The molecule has 2 nitrogen and oxygen atoms in total. The Labute approximate surface area is 88.6 Å². The highest BCUT2D eigenvalue weighted by Crippen LogP contribution is 2.34. The van der Waals surface area contributed by atoms with Crippen LogP contribution < -0.4 is 11.1 Å². The van der Waals surface area contributed by atoms with Gasteiger partial charge in [-0.1, -0.05) is 26.7 Å². The average molecular weight is 198 g/mol. The van der Waals surface area contributed by atoms with Gasteiger partial charge >= 0.3 is 0 Å². The van der Waals surface area contributed by atoms with E-state index in [1.165, 1.54) is 32.1 Å². The molecular weight excluding hydrogens is 172 g/mol. The van der Waals surface area contributed by atoms with E-state index in [1.807, 2.05) is 0 Å². The summed E-state index contributed by atoms with van der Waals surface area (Å²) in [5.41, 5.74) is 5.94. The standard InChI is InChI=1S/C12H26N2/c1-3-5-10-9-12(10)14-8-7-11(13)6-4-2/h10-12,14H,3-9,13H2,1-2H3. The third kappa shape index (κ3) is 4.43. The first-order valence-electron chi connectivity index (χ1n) is 6.26. The summed E-state index contributed by atoms with van der Waals surface area (Å²) in [5, 5.41) is 3.60.